The van der Waals surface area contributed by atoms with E-state index >= 15 is 0 Å². The van der Waals surface area contributed by atoms with Crippen LogP contribution in [0.5, 0.6) is 0 Å². The molecule has 3 rings (SSSR count). The topological polar surface area (TPSA) is 0 Å². The Morgan fingerprint density at radius 2 is 1.71 bits per heavy atom. The normalized spacial score (nSPS) is 29.0. The summed E-state index contributed by atoms with van der Waals surface area (Å²) in [5.41, 5.74) is 2.46. The minimum Gasteiger partial charge on any atom is -0.0767 e. The third-order valence-corrected chi connectivity index (χ3v) is 8.85. The Balaban J connectivity index is 1.94. The maximum atomic E-state index is 2.58. The van der Waals surface area contributed by atoms with Crippen molar-refractivity contribution < 1.29 is 0 Å². The van der Waals surface area contributed by atoms with E-state index in [-0.39, 0.29) is 0 Å². The van der Waals surface area contributed by atoms with Crippen molar-refractivity contribution in [3.63, 3.8) is 0 Å². The molecule has 1 aromatic carbocycles. The van der Waals surface area contributed by atoms with Crippen molar-refractivity contribution in [2.24, 2.45) is 0 Å². The Bertz CT molecular complexity index is 427. The average molecular weight is 245 g/mol. The summed E-state index contributed by atoms with van der Waals surface area (Å²) < 4.78 is 0. The van der Waals surface area contributed by atoms with Crippen LogP contribution in [0.15, 0.2) is 30.1 Å². The zero-order valence-corrected chi connectivity index (χ0v) is 11.6. The van der Waals surface area contributed by atoms with E-state index in [9.17, 15) is 0 Å². The molecule has 1 fully saturated rings. The molecule has 1 atom stereocenters. The Kier molecular flexibility index (Phi) is 3.09. The SMILES string of the molecule is C[P]1(C2CCCCCC2)C=Cc2ccccc21. The molecule has 0 amide bonds. The summed E-state index contributed by atoms with van der Waals surface area (Å²) in [5.74, 6) is 2.58. The summed E-state index contributed by atoms with van der Waals surface area (Å²) in [6, 6.07) is 9.06. The third kappa shape index (κ3) is 1.97. The highest BCUT2D eigenvalue weighted by molar-refractivity contribution is 7.86. The van der Waals surface area contributed by atoms with Gasteiger partial charge in [0.15, 0.2) is 0 Å². The van der Waals surface area contributed by atoms with Crippen molar-refractivity contribution in [1.29, 1.82) is 0 Å². The summed E-state index contributed by atoms with van der Waals surface area (Å²) in [5, 5.41) is 1.67. The van der Waals surface area contributed by atoms with E-state index in [2.05, 4.69) is 42.8 Å². The summed E-state index contributed by atoms with van der Waals surface area (Å²) in [7, 11) is -0.994. The number of hydrogen-bond acceptors (Lipinski definition) is 0. The second-order valence-electron chi connectivity index (χ2n) is 5.67. The standard InChI is InChI=1S/C16H22P/c1-17(15-9-4-2-3-5-10-15)13-12-14-8-6-7-11-16(14)17/h6-8,11-13,15H,2-5,9-10H2,1H3. The first-order valence-electron chi connectivity index (χ1n) is 6.95. The quantitative estimate of drug-likeness (QED) is 0.498. The second-order valence-corrected chi connectivity index (χ2v) is 9.47. The van der Waals surface area contributed by atoms with E-state index in [0.717, 1.165) is 5.66 Å². The van der Waals surface area contributed by atoms with Crippen molar-refractivity contribution in [2.45, 2.75) is 44.2 Å². The Labute approximate surface area is 105 Å². The fourth-order valence-electron chi connectivity index (χ4n) is 3.50. The first kappa shape index (κ1) is 11.5. The summed E-state index contributed by atoms with van der Waals surface area (Å²) in [6.45, 7) is 2.56. The van der Waals surface area contributed by atoms with Crippen molar-refractivity contribution in [3.05, 3.63) is 35.6 Å². The van der Waals surface area contributed by atoms with Gasteiger partial charge in [-0.2, -0.15) is 0 Å². The van der Waals surface area contributed by atoms with Gasteiger partial charge < -0.3 is 0 Å². The molecule has 0 saturated heterocycles. The van der Waals surface area contributed by atoms with Gasteiger partial charge >= 0.3 is 0 Å². The van der Waals surface area contributed by atoms with E-state index in [1.807, 2.05) is 0 Å². The van der Waals surface area contributed by atoms with Gasteiger partial charge in [0.2, 0.25) is 0 Å². The highest BCUT2D eigenvalue weighted by atomic mass is 31.2. The van der Waals surface area contributed by atoms with Gasteiger partial charge in [-0.1, -0.05) is 69.1 Å². The Morgan fingerprint density at radius 3 is 2.47 bits per heavy atom. The monoisotopic (exact) mass is 245 g/mol. The zero-order chi connectivity index (χ0) is 11.7. The molecule has 1 aromatic rings. The maximum absolute atomic E-state index is 2.58. The van der Waals surface area contributed by atoms with E-state index in [4.69, 9.17) is 0 Å². The summed E-state index contributed by atoms with van der Waals surface area (Å²) >= 11 is 0. The molecule has 1 aliphatic heterocycles. The molecular weight excluding hydrogens is 223 g/mol. The van der Waals surface area contributed by atoms with Crippen molar-refractivity contribution in [1.82, 2.24) is 0 Å². The predicted octanol–water partition coefficient (Wildman–Crippen LogP) is 4.67. The second kappa shape index (κ2) is 4.58. The van der Waals surface area contributed by atoms with Crippen LogP contribution in [0.2, 0.25) is 0 Å². The average Bonchev–Trinajstić information content (AvgIpc) is 2.58. The molecule has 2 aliphatic rings. The van der Waals surface area contributed by atoms with Crippen LogP contribution in [-0.2, 0) is 0 Å². The largest absolute Gasteiger partial charge is 0.0767 e. The molecule has 0 nitrogen and oxygen atoms in total. The van der Waals surface area contributed by atoms with Crippen LogP contribution in [0.1, 0.15) is 44.1 Å². The number of rotatable bonds is 1. The summed E-state index contributed by atoms with van der Waals surface area (Å²) in [4.78, 5) is 0. The highest BCUT2D eigenvalue weighted by Crippen LogP contribution is 2.66. The molecule has 0 spiro atoms. The van der Waals surface area contributed by atoms with Gasteiger partial charge in [-0.25, -0.2) is 0 Å². The molecular formula is C16H22P. The fraction of sp³-hybridized carbons (Fsp3) is 0.500. The minimum absolute atomic E-state index is 0.963. The lowest BCUT2D eigenvalue weighted by molar-refractivity contribution is 0.702. The lowest BCUT2D eigenvalue weighted by Gasteiger charge is -2.36. The third-order valence-electron chi connectivity index (χ3n) is 4.60. The molecule has 91 valence electrons. The van der Waals surface area contributed by atoms with Crippen LogP contribution in [-0.4, -0.2) is 12.3 Å². The predicted molar refractivity (Wildman–Crippen MR) is 79.4 cm³/mol. The van der Waals surface area contributed by atoms with Crippen LogP contribution >= 0.6 is 7.26 Å². The fourth-order valence-corrected chi connectivity index (χ4v) is 7.31. The molecule has 17 heavy (non-hydrogen) atoms. The molecule has 1 aliphatic carbocycles. The van der Waals surface area contributed by atoms with E-state index in [1.54, 1.807) is 5.30 Å². The molecule has 1 radical (unpaired) electrons. The van der Waals surface area contributed by atoms with Gasteiger partial charge in [-0.05, 0) is 36.0 Å². The number of benzene rings is 1. The zero-order valence-electron chi connectivity index (χ0n) is 10.7. The maximum Gasteiger partial charge on any atom is -0.0172 e. The molecule has 1 saturated carbocycles. The lowest BCUT2D eigenvalue weighted by atomic mass is 10.2. The Hall–Kier alpha value is -0.610. The van der Waals surface area contributed by atoms with Crippen LogP contribution < -0.4 is 5.30 Å². The highest BCUT2D eigenvalue weighted by Gasteiger charge is 2.35. The van der Waals surface area contributed by atoms with Gasteiger partial charge in [0.25, 0.3) is 0 Å². The minimum atomic E-state index is -0.994. The molecule has 0 bridgehead atoms. The van der Waals surface area contributed by atoms with Crippen molar-refractivity contribution in [3.8, 4) is 0 Å². The van der Waals surface area contributed by atoms with Crippen LogP contribution in [0, 0.1) is 0 Å². The molecule has 1 heterocycles. The summed E-state index contributed by atoms with van der Waals surface area (Å²) in [6.07, 6.45) is 11.1. The van der Waals surface area contributed by atoms with Crippen molar-refractivity contribution >= 4 is 18.6 Å². The van der Waals surface area contributed by atoms with Gasteiger partial charge in [-0.3, -0.25) is 0 Å². The van der Waals surface area contributed by atoms with E-state index in [1.165, 1.54) is 44.1 Å². The number of fused-ring (bicyclic) bond motifs is 1. The van der Waals surface area contributed by atoms with Gasteiger partial charge in [-0.15, -0.1) is 0 Å². The first-order valence-corrected chi connectivity index (χ1v) is 9.33. The lowest BCUT2D eigenvalue weighted by Crippen LogP contribution is -2.20. The van der Waals surface area contributed by atoms with E-state index in [0.29, 0.717) is 0 Å². The number of hydrogen-bond donors (Lipinski definition) is 0. The van der Waals surface area contributed by atoms with Gasteiger partial charge in [0.1, 0.15) is 0 Å². The molecule has 0 aromatic heterocycles. The van der Waals surface area contributed by atoms with Gasteiger partial charge in [0.05, 0.1) is 0 Å². The molecule has 1 heteroatoms. The van der Waals surface area contributed by atoms with Crippen LogP contribution in [0.25, 0.3) is 6.08 Å². The molecule has 1 unspecified atom stereocenters. The molecule has 0 N–H and O–H groups in total. The van der Waals surface area contributed by atoms with E-state index < -0.39 is 7.26 Å². The van der Waals surface area contributed by atoms with Gasteiger partial charge in [0, 0.05) is 0 Å². The van der Waals surface area contributed by atoms with Crippen LogP contribution in [0.4, 0.5) is 0 Å². The van der Waals surface area contributed by atoms with Crippen LogP contribution in [0.3, 0.4) is 0 Å². The van der Waals surface area contributed by atoms with Crippen molar-refractivity contribution in [2.75, 3.05) is 6.66 Å². The Morgan fingerprint density at radius 1 is 1.00 bits per heavy atom. The smallest absolute Gasteiger partial charge is 0.0172 e. The first-order chi connectivity index (χ1) is 8.31.